The molecule has 0 N–H and O–H groups in total. The minimum absolute atomic E-state index is 0. The van der Waals surface area contributed by atoms with Crippen LogP contribution in [0.15, 0.2) is 12.2 Å². The molecule has 1 aliphatic heterocycles. The summed E-state index contributed by atoms with van der Waals surface area (Å²) in [6.07, 6.45) is 9.13. The van der Waals surface area contributed by atoms with Crippen molar-refractivity contribution in [2.75, 3.05) is 39.3 Å². The smallest absolute Gasteiger partial charge is 0.121 e. The van der Waals surface area contributed by atoms with E-state index in [2.05, 4.69) is 56.9 Å². The molecule has 0 atom stereocenters. The largest absolute Gasteiger partial charge is 0.300 e. The van der Waals surface area contributed by atoms with Gasteiger partial charge < -0.3 is 4.90 Å². The Balaban J connectivity index is 0.00000192. The summed E-state index contributed by atoms with van der Waals surface area (Å²) < 4.78 is 0. The third-order valence-electron chi connectivity index (χ3n) is 5.78. The average Bonchev–Trinajstić information content (AvgIpc) is 2.36. The Bertz CT molecular complexity index is 394. The van der Waals surface area contributed by atoms with Gasteiger partial charge in [0.05, 0.1) is 0 Å². The Hall–Kier alpha value is 0.413. The Kier molecular flexibility index (Phi) is 6.65. The molecule has 0 aromatic rings. The van der Waals surface area contributed by atoms with Crippen molar-refractivity contribution in [2.45, 2.75) is 58.1 Å². The summed E-state index contributed by atoms with van der Waals surface area (Å²) in [7, 11) is 2.63. The molecule has 0 amide bonds. The molecule has 0 aromatic carbocycles. The fraction of sp³-hybridized carbons (Fsp3) is 0.895. The fourth-order valence-electron chi connectivity index (χ4n) is 5.22. The van der Waals surface area contributed by atoms with Crippen LogP contribution in [0.3, 0.4) is 0 Å². The first-order valence-corrected chi connectivity index (χ1v) is 9.38. The number of piperazine rings is 1. The SMILES string of the molecule is CC(C)[B]C12CC(CN3CCN(C/C=C/C(C)C)CC3)(C1)C2.[W]. The number of allylic oxidation sites excluding steroid dienone is 1. The monoisotopic (exact) mass is 485 g/mol. The summed E-state index contributed by atoms with van der Waals surface area (Å²) in [4.78, 5) is 5.34. The van der Waals surface area contributed by atoms with Crippen molar-refractivity contribution < 1.29 is 21.1 Å². The van der Waals surface area contributed by atoms with Crippen molar-refractivity contribution in [3.63, 3.8) is 0 Å². The predicted octanol–water partition coefficient (Wildman–Crippen LogP) is 3.69. The zero-order valence-corrected chi connectivity index (χ0v) is 18.5. The number of rotatable bonds is 7. The summed E-state index contributed by atoms with van der Waals surface area (Å²) in [6, 6.07) is 0. The van der Waals surface area contributed by atoms with Gasteiger partial charge in [-0.15, -0.1) is 0 Å². The van der Waals surface area contributed by atoms with Gasteiger partial charge in [-0.25, -0.2) is 0 Å². The van der Waals surface area contributed by atoms with Gasteiger partial charge in [-0.2, -0.15) is 0 Å². The summed E-state index contributed by atoms with van der Waals surface area (Å²) >= 11 is 0. The fourth-order valence-corrected chi connectivity index (χ4v) is 5.22. The molecule has 23 heavy (non-hydrogen) atoms. The van der Waals surface area contributed by atoms with Crippen molar-refractivity contribution in [1.82, 2.24) is 9.80 Å². The van der Waals surface area contributed by atoms with E-state index in [0.717, 1.165) is 12.4 Å². The standard InChI is InChI=1S/C19H34BN2.W/c1-16(2)6-5-7-21-8-10-22(11-9-21)15-18-12-19(13-18,14-18)20-17(3)4;/h5-6,16-17H,7-15H2,1-4H3;/b6-5+;. The summed E-state index contributed by atoms with van der Waals surface area (Å²) in [5.74, 6) is 1.45. The van der Waals surface area contributed by atoms with E-state index in [4.69, 9.17) is 0 Å². The van der Waals surface area contributed by atoms with Gasteiger partial charge in [0.25, 0.3) is 0 Å². The molecule has 3 aliphatic carbocycles. The van der Waals surface area contributed by atoms with E-state index in [0.29, 0.717) is 16.6 Å². The van der Waals surface area contributed by atoms with Crippen molar-refractivity contribution in [3.8, 4) is 0 Å². The van der Waals surface area contributed by atoms with Crippen LogP contribution >= 0.6 is 0 Å². The maximum absolute atomic E-state index is 2.74. The van der Waals surface area contributed by atoms with Crippen molar-refractivity contribution in [1.29, 1.82) is 0 Å². The van der Waals surface area contributed by atoms with E-state index in [1.54, 1.807) is 0 Å². The molecule has 2 bridgehead atoms. The van der Waals surface area contributed by atoms with Crippen LogP contribution in [-0.4, -0.2) is 56.3 Å². The van der Waals surface area contributed by atoms with Gasteiger partial charge in [0.15, 0.2) is 0 Å². The van der Waals surface area contributed by atoms with Crippen LogP contribution in [0.5, 0.6) is 0 Å². The van der Waals surface area contributed by atoms with Crippen molar-refractivity contribution in [3.05, 3.63) is 12.2 Å². The number of hydrogen-bond donors (Lipinski definition) is 0. The first-order valence-electron chi connectivity index (χ1n) is 9.38. The first-order chi connectivity index (χ1) is 10.4. The van der Waals surface area contributed by atoms with Gasteiger partial charge in [0.1, 0.15) is 7.28 Å². The molecule has 2 nitrogen and oxygen atoms in total. The molecule has 1 saturated heterocycles. The van der Waals surface area contributed by atoms with E-state index in [9.17, 15) is 0 Å². The minimum Gasteiger partial charge on any atom is -0.300 e. The van der Waals surface area contributed by atoms with E-state index >= 15 is 0 Å². The molecule has 4 rings (SSSR count). The van der Waals surface area contributed by atoms with E-state index in [1.807, 2.05) is 0 Å². The number of hydrogen-bond acceptors (Lipinski definition) is 2. The quantitative estimate of drug-likeness (QED) is 0.401. The Morgan fingerprint density at radius 2 is 1.52 bits per heavy atom. The molecule has 1 radical (unpaired) electrons. The molecule has 0 aromatic heterocycles. The van der Waals surface area contributed by atoms with Gasteiger partial charge in [-0.1, -0.05) is 51.0 Å². The Morgan fingerprint density at radius 3 is 2.04 bits per heavy atom. The Morgan fingerprint density at radius 1 is 0.957 bits per heavy atom. The Labute approximate surface area is 158 Å². The minimum atomic E-state index is 0. The van der Waals surface area contributed by atoms with Gasteiger partial charge in [-0.3, -0.25) is 4.90 Å². The molecule has 4 fully saturated rings. The van der Waals surface area contributed by atoms with Gasteiger partial charge in [0.2, 0.25) is 0 Å². The van der Waals surface area contributed by atoms with E-state index in [1.165, 1.54) is 52.0 Å². The zero-order chi connectivity index (χ0) is 15.8. The van der Waals surface area contributed by atoms with Crippen LogP contribution in [-0.2, 0) is 21.1 Å². The average molecular weight is 485 g/mol. The van der Waals surface area contributed by atoms with Crippen molar-refractivity contribution >= 4 is 7.28 Å². The normalized spacial score (nSPS) is 34.3. The first kappa shape index (κ1) is 19.7. The van der Waals surface area contributed by atoms with E-state index < -0.39 is 0 Å². The van der Waals surface area contributed by atoms with Gasteiger partial charge in [0, 0.05) is 60.3 Å². The summed E-state index contributed by atoms with van der Waals surface area (Å²) in [5.41, 5.74) is 0.713. The maximum Gasteiger partial charge on any atom is 0.121 e. The zero-order valence-electron chi connectivity index (χ0n) is 15.6. The molecule has 3 saturated carbocycles. The molecule has 1 heterocycles. The van der Waals surface area contributed by atoms with Crippen LogP contribution in [0, 0.1) is 11.3 Å². The van der Waals surface area contributed by atoms with Gasteiger partial charge >= 0.3 is 0 Å². The second-order valence-corrected chi connectivity index (χ2v) is 9.05. The van der Waals surface area contributed by atoms with Crippen LogP contribution in [0.25, 0.3) is 0 Å². The van der Waals surface area contributed by atoms with Crippen LogP contribution < -0.4 is 0 Å². The van der Waals surface area contributed by atoms with Crippen LogP contribution in [0.4, 0.5) is 0 Å². The van der Waals surface area contributed by atoms with Crippen LogP contribution in [0.1, 0.15) is 47.0 Å². The van der Waals surface area contributed by atoms with Gasteiger partial charge in [-0.05, 0) is 30.6 Å². The molecular weight excluding hydrogens is 451 g/mol. The third-order valence-corrected chi connectivity index (χ3v) is 5.78. The molecule has 0 unspecified atom stereocenters. The predicted molar refractivity (Wildman–Crippen MR) is 96.7 cm³/mol. The molecule has 0 spiro atoms. The summed E-state index contributed by atoms with van der Waals surface area (Å²) in [6.45, 7) is 16.7. The van der Waals surface area contributed by atoms with Crippen molar-refractivity contribution in [2.24, 2.45) is 11.3 Å². The maximum atomic E-state index is 2.74. The molecule has 129 valence electrons. The van der Waals surface area contributed by atoms with E-state index in [-0.39, 0.29) is 21.1 Å². The molecule has 4 aliphatic rings. The second kappa shape index (κ2) is 7.75. The molecular formula is C19H34BN2W. The third kappa shape index (κ3) is 4.73. The summed E-state index contributed by atoms with van der Waals surface area (Å²) in [5, 5.41) is 0.664. The molecule has 4 heteroatoms. The second-order valence-electron chi connectivity index (χ2n) is 9.05. The topological polar surface area (TPSA) is 6.48 Å². The van der Waals surface area contributed by atoms with Crippen LogP contribution in [0.2, 0.25) is 11.1 Å². The number of nitrogens with zero attached hydrogens (tertiary/aromatic N) is 2.